The predicted molar refractivity (Wildman–Crippen MR) is 132 cm³/mol. The maximum absolute atomic E-state index is 13.3. The molecule has 4 aromatic rings. The van der Waals surface area contributed by atoms with E-state index in [0.29, 0.717) is 21.7 Å². The molecule has 0 bridgehead atoms. The molecule has 0 atom stereocenters. The van der Waals surface area contributed by atoms with Crippen molar-refractivity contribution in [2.24, 2.45) is 0 Å². The Bertz CT molecular complexity index is 1420. The number of ether oxygens (including phenoxy) is 1. The molecule has 2 aromatic heterocycles. The van der Waals surface area contributed by atoms with Gasteiger partial charge < -0.3 is 15.0 Å². The molecule has 0 spiro atoms. The lowest BCUT2D eigenvalue weighted by molar-refractivity contribution is -0.116. The number of rotatable bonds is 7. The van der Waals surface area contributed by atoms with E-state index in [-0.39, 0.29) is 24.6 Å². The van der Waals surface area contributed by atoms with E-state index in [0.717, 1.165) is 15.8 Å². The van der Waals surface area contributed by atoms with Crippen LogP contribution in [0.5, 0.6) is 5.75 Å². The molecule has 1 N–H and O–H groups in total. The maximum Gasteiger partial charge on any atom is 0.332 e. The van der Waals surface area contributed by atoms with E-state index in [1.807, 2.05) is 37.2 Å². The van der Waals surface area contributed by atoms with Gasteiger partial charge >= 0.3 is 5.69 Å². The molecule has 0 aliphatic carbocycles. The molecule has 0 aliphatic heterocycles. The lowest BCUT2D eigenvalue weighted by Crippen LogP contribution is -2.41. The summed E-state index contributed by atoms with van der Waals surface area (Å²) in [6.45, 7) is -0.129. The van der Waals surface area contributed by atoms with Crippen LogP contribution in [0.15, 0.2) is 69.6 Å². The van der Waals surface area contributed by atoms with Crippen LogP contribution in [0.1, 0.15) is 5.56 Å². The Morgan fingerprint density at radius 3 is 2.52 bits per heavy atom. The van der Waals surface area contributed by atoms with E-state index in [1.165, 1.54) is 15.9 Å². The normalized spacial score (nSPS) is 10.9. The van der Waals surface area contributed by atoms with Crippen molar-refractivity contribution in [2.75, 3.05) is 31.4 Å². The van der Waals surface area contributed by atoms with Crippen molar-refractivity contribution in [3.05, 3.63) is 86.4 Å². The van der Waals surface area contributed by atoms with Crippen LogP contribution < -0.4 is 26.2 Å². The summed E-state index contributed by atoms with van der Waals surface area (Å²) in [6.07, 6.45) is 0. The highest BCUT2D eigenvalue weighted by molar-refractivity contribution is 7.17. The Kier molecular flexibility index (Phi) is 6.32. The number of hydrogen-bond donors (Lipinski definition) is 1. The van der Waals surface area contributed by atoms with E-state index < -0.39 is 5.69 Å². The minimum Gasteiger partial charge on any atom is -0.497 e. The third-order valence-corrected chi connectivity index (χ3v) is 6.17. The molecule has 8 nitrogen and oxygen atoms in total. The molecule has 0 unspecified atom stereocenters. The quantitative estimate of drug-likeness (QED) is 0.455. The Morgan fingerprint density at radius 1 is 1.06 bits per heavy atom. The second-order valence-corrected chi connectivity index (χ2v) is 8.65. The fraction of sp³-hybridized carbons (Fsp3) is 0.208. The fourth-order valence-corrected chi connectivity index (χ4v) is 4.41. The van der Waals surface area contributed by atoms with Crippen LogP contribution >= 0.6 is 11.3 Å². The minimum absolute atomic E-state index is 0.0797. The van der Waals surface area contributed by atoms with Crippen molar-refractivity contribution in [3.8, 4) is 5.75 Å². The van der Waals surface area contributed by atoms with Gasteiger partial charge in [-0.15, -0.1) is 11.3 Å². The third kappa shape index (κ3) is 4.68. The Balaban J connectivity index is 1.65. The Hall–Kier alpha value is -3.85. The molecule has 1 amide bonds. The molecule has 0 saturated heterocycles. The van der Waals surface area contributed by atoms with Crippen LogP contribution in [0.4, 0.5) is 11.4 Å². The number of fused-ring (bicyclic) bond motifs is 1. The highest BCUT2D eigenvalue weighted by Gasteiger charge is 2.17. The van der Waals surface area contributed by atoms with E-state index in [1.54, 1.807) is 48.9 Å². The zero-order chi connectivity index (χ0) is 23.5. The van der Waals surface area contributed by atoms with Gasteiger partial charge in [0, 0.05) is 25.5 Å². The average molecular weight is 465 g/mol. The summed E-state index contributed by atoms with van der Waals surface area (Å²) in [7, 11) is 5.43. The number of anilines is 2. The second-order valence-electron chi connectivity index (χ2n) is 7.74. The van der Waals surface area contributed by atoms with Crippen LogP contribution in [-0.4, -0.2) is 36.2 Å². The van der Waals surface area contributed by atoms with Gasteiger partial charge in [-0.3, -0.25) is 18.7 Å². The standard InChI is InChI=1S/C24H24N4O4S/c1-26(2)18-9-7-17(8-10-18)25-21(29)15-27-20-11-12-33-22(20)23(30)28(24(27)31)14-16-5-4-6-19(13-16)32-3/h4-13H,14-15H2,1-3H3,(H,25,29). The maximum atomic E-state index is 13.3. The molecule has 2 heterocycles. The Labute approximate surface area is 194 Å². The zero-order valence-electron chi connectivity index (χ0n) is 18.6. The van der Waals surface area contributed by atoms with Gasteiger partial charge in [-0.1, -0.05) is 12.1 Å². The van der Waals surface area contributed by atoms with E-state index in [4.69, 9.17) is 4.74 Å². The topological polar surface area (TPSA) is 85.6 Å². The van der Waals surface area contributed by atoms with Crippen molar-refractivity contribution in [1.82, 2.24) is 9.13 Å². The van der Waals surface area contributed by atoms with E-state index >= 15 is 0 Å². The SMILES string of the molecule is COc1cccc(Cn2c(=O)c3sccc3n(CC(=O)Nc3ccc(N(C)C)cc3)c2=O)c1. The summed E-state index contributed by atoms with van der Waals surface area (Å²) in [5, 5.41) is 4.57. The summed E-state index contributed by atoms with van der Waals surface area (Å²) in [5.41, 5.74) is 1.94. The number of amides is 1. The summed E-state index contributed by atoms with van der Waals surface area (Å²) >= 11 is 1.25. The monoisotopic (exact) mass is 464 g/mol. The van der Waals surface area contributed by atoms with Gasteiger partial charge in [0.15, 0.2) is 0 Å². The number of nitrogens with one attached hydrogen (secondary N) is 1. The number of hydrogen-bond acceptors (Lipinski definition) is 6. The zero-order valence-corrected chi connectivity index (χ0v) is 19.4. The van der Waals surface area contributed by atoms with Crippen LogP contribution in [-0.2, 0) is 17.9 Å². The van der Waals surface area contributed by atoms with Crippen LogP contribution in [0.2, 0.25) is 0 Å². The smallest absolute Gasteiger partial charge is 0.332 e. The van der Waals surface area contributed by atoms with Gasteiger partial charge in [0.1, 0.15) is 17.0 Å². The molecule has 170 valence electrons. The van der Waals surface area contributed by atoms with Gasteiger partial charge in [0.2, 0.25) is 5.91 Å². The summed E-state index contributed by atoms with van der Waals surface area (Å²) in [4.78, 5) is 41.0. The number of aromatic nitrogens is 2. The molecule has 0 aliphatic rings. The van der Waals surface area contributed by atoms with E-state index in [2.05, 4.69) is 5.32 Å². The molecule has 0 fully saturated rings. The minimum atomic E-state index is -0.535. The van der Waals surface area contributed by atoms with Crippen LogP contribution in [0, 0.1) is 0 Å². The molecule has 4 rings (SSSR count). The number of thiophene rings is 1. The number of methoxy groups -OCH3 is 1. The average Bonchev–Trinajstić information content (AvgIpc) is 3.30. The lowest BCUT2D eigenvalue weighted by Gasteiger charge is -2.14. The van der Waals surface area contributed by atoms with Gasteiger partial charge in [0.25, 0.3) is 5.56 Å². The van der Waals surface area contributed by atoms with Crippen molar-refractivity contribution < 1.29 is 9.53 Å². The number of carbonyl (C=O) groups excluding carboxylic acids is 1. The summed E-state index contributed by atoms with van der Waals surface area (Å²) in [5.74, 6) is 0.284. The summed E-state index contributed by atoms with van der Waals surface area (Å²) < 4.78 is 8.17. The molecule has 0 saturated carbocycles. The van der Waals surface area contributed by atoms with Gasteiger partial charge in [0.05, 0.1) is 19.2 Å². The van der Waals surface area contributed by atoms with Gasteiger partial charge in [-0.25, -0.2) is 4.79 Å². The first kappa shape index (κ1) is 22.3. The molecular formula is C24H24N4O4S. The predicted octanol–water partition coefficient (Wildman–Crippen LogP) is 2.99. The number of nitrogens with zero attached hydrogens (tertiary/aromatic N) is 3. The van der Waals surface area contributed by atoms with Crippen molar-refractivity contribution in [1.29, 1.82) is 0 Å². The highest BCUT2D eigenvalue weighted by Crippen LogP contribution is 2.18. The molecule has 2 aromatic carbocycles. The first-order valence-corrected chi connectivity index (χ1v) is 11.2. The molecule has 0 radical (unpaired) electrons. The molecule has 9 heteroatoms. The van der Waals surface area contributed by atoms with Crippen LogP contribution in [0.3, 0.4) is 0 Å². The number of benzene rings is 2. The third-order valence-electron chi connectivity index (χ3n) is 5.28. The Morgan fingerprint density at radius 2 is 1.82 bits per heavy atom. The second kappa shape index (κ2) is 9.33. The highest BCUT2D eigenvalue weighted by atomic mass is 32.1. The lowest BCUT2D eigenvalue weighted by atomic mass is 10.2. The first-order chi connectivity index (χ1) is 15.9. The van der Waals surface area contributed by atoms with Crippen molar-refractivity contribution in [2.45, 2.75) is 13.1 Å². The van der Waals surface area contributed by atoms with Gasteiger partial charge in [-0.2, -0.15) is 0 Å². The number of carbonyl (C=O) groups is 1. The first-order valence-electron chi connectivity index (χ1n) is 10.3. The molecule has 33 heavy (non-hydrogen) atoms. The fourth-order valence-electron chi connectivity index (χ4n) is 3.57. The van der Waals surface area contributed by atoms with E-state index in [9.17, 15) is 14.4 Å². The van der Waals surface area contributed by atoms with Crippen molar-refractivity contribution in [3.63, 3.8) is 0 Å². The van der Waals surface area contributed by atoms with Crippen LogP contribution in [0.25, 0.3) is 10.2 Å². The van der Waals surface area contributed by atoms with Gasteiger partial charge in [-0.05, 0) is 53.4 Å². The molecular weight excluding hydrogens is 440 g/mol. The summed E-state index contributed by atoms with van der Waals surface area (Å²) in [6, 6.07) is 16.3. The van der Waals surface area contributed by atoms with Crippen molar-refractivity contribution >= 4 is 38.8 Å². The largest absolute Gasteiger partial charge is 0.497 e.